The van der Waals surface area contributed by atoms with E-state index < -0.39 is 6.03 Å². The van der Waals surface area contributed by atoms with Crippen molar-refractivity contribution in [1.29, 1.82) is 0 Å². The highest BCUT2D eigenvalue weighted by Gasteiger charge is 2.18. The third kappa shape index (κ3) is 14.2. The minimum Gasteiger partial charge on any atom is -0.457 e. The van der Waals surface area contributed by atoms with E-state index >= 15 is 0 Å². The fraction of sp³-hybridized carbons (Fsp3) is 0.229. The fourth-order valence-corrected chi connectivity index (χ4v) is 6.41. The predicted molar refractivity (Wildman–Crippen MR) is 252 cm³/mol. The Balaban J connectivity index is 0.000000215. The molecule has 7 aromatic rings. The molecule has 0 radical (unpaired) electrons. The summed E-state index contributed by atoms with van der Waals surface area (Å²) in [5.74, 6) is 3.66. The second-order valence-corrected chi connectivity index (χ2v) is 16.0. The van der Waals surface area contributed by atoms with Crippen LogP contribution in [-0.2, 0) is 21.4 Å². The quantitative estimate of drug-likeness (QED) is 0.0612. The van der Waals surface area contributed by atoms with Gasteiger partial charge < -0.3 is 30.2 Å². The summed E-state index contributed by atoms with van der Waals surface area (Å²) in [6.07, 6.45) is 8.54. The fourth-order valence-electron chi connectivity index (χ4n) is 6.41. The topological polar surface area (TPSA) is 215 Å². The third-order valence-corrected chi connectivity index (χ3v) is 9.91. The highest BCUT2D eigenvalue weighted by Crippen LogP contribution is 2.25. The Hall–Kier alpha value is -8.09. The summed E-state index contributed by atoms with van der Waals surface area (Å²) in [5, 5.41) is 25.5. The van der Waals surface area contributed by atoms with E-state index in [4.69, 9.17) is 14.2 Å². The van der Waals surface area contributed by atoms with E-state index in [9.17, 15) is 14.4 Å². The summed E-state index contributed by atoms with van der Waals surface area (Å²) in [7, 11) is 0. The van der Waals surface area contributed by atoms with Crippen LogP contribution in [0.3, 0.4) is 0 Å². The van der Waals surface area contributed by atoms with Crippen LogP contribution in [0, 0.1) is 0 Å². The van der Waals surface area contributed by atoms with Crippen molar-refractivity contribution in [2.24, 2.45) is 0 Å². The minimum atomic E-state index is -0.407. The first kappa shape index (κ1) is 45.9. The van der Waals surface area contributed by atoms with Gasteiger partial charge in [-0.15, -0.1) is 0 Å². The number of pyridine rings is 2. The number of ether oxygens (including phenoxy) is 3. The molecule has 0 saturated carbocycles. The molecule has 1 aliphatic rings. The number of urea groups is 2. The van der Waals surface area contributed by atoms with Gasteiger partial charge in [0.1, 0.15) is 28.8 Å². The molecule has 0 spiro atoms. The van der Waals surface area contributed by atoms with Crippen molar-refractivity contribution in [3.8, 4) is 28.7 Å². The molecule has 4 aromatic heterocycles. The molecule has 5 heterocycles. The summed E-state index contributed by atoms with van der Waals surface area (Å²) in [6, 6.07) is 31.5. The van der Waals surface area contributed by atoms with Gasteiger partial charge in [0.15, 0.2) is 5.82 Å². The molecule has 1 fully saturated rings. The number of benzene rings is 3. The summed E-state index contributed by atoms with van der Waals surface area (Å²) >= 11 is 0. The van der Waals surface area contributed by atoms with Crippen LogP contribution in [0.25, 0.3) is 5.69 Å². The number of hydrogen-bond donors (Lipinski definition) is 6. The van der Waals surface area contributed by atoms with Gasteiger partial charge in [-0.05, 0) is 90.5 Å². The Morgan fingerprint density at radius 2 is 1.21 bits per heavy atom. The van der Waals surface area contributed by atoms with Gasteiger partial charge >= 0.3 is 12.1 Å². The first-order valence-corrected chi connectivity index (χ1v) is 21.3. The number of carbonyl (C=O) groups excluding carboxylic acids is 3. The van der Waals surface area contributed by atoms with Crippen molar-refractivity contribution >= 4 is 41.0 Å². The molecule has 18 nitrogen and oxygen atoms in total. The first-order valence-electron chi connectivity index (χ1n) is 21.3. The summed E-state index contributed by atoms with van der Waals surface area (Å²) < 4.78 is 18.4. The number of H-pyrrole nitrogens is 1. The van der Waals surface area contributed by atoms with Crippen molar-refractivity contribution < 1.29 is 28.6 Å². The van der Waals surface area contributed by atoms with Crippen molar-refractivity contribution in [1.82, 2.24) is 40.2 Å². The maximum Gasteiger partial charge on any atom is 0.324 e. The molecule has 1 aliphatic heterocycles. The molecule has 0 unspecified atom stereocenters. The van der Waals surface area contributed by atoms with E-state index in [-0.39, 0.29) is 17.4 Å². The molecule has 0 atom stereocenters. The van der Waals surface area contributed by atoms with E-state index in [1.807, 2.05) is 30.3 Å². The van der Waals surface area contributed by atoms with Gasteiger partial charge in [0.2, 0.25) is 5.91 Å². The first-order chi connectivity index (χ1) is 32.0. The van der Waals surface area contributed by atoms with Crippen LogP contribution in [0.4, 0.5) is 32.6 Å². The van der Waals surface area contributed by atoms with Crippen LogP contribution in [-0.4, -0.2) is 92.2 Å². The van der Waals surface area contributed by atoms with E-state index in [2.05, 4.69) is 77.5 Å². The maximum absolute atomic E-state index is 12.6. The number of anilines is 4. The summed E-state index contributed by atoms with van der Waals surface area (Å²) in [4.78, 5) is 47.3. The van der Waals surface area contributed by atoms with Crippen molar-refractivity contribution in [3.05, 3.63) is 151 Å². The predicted octanol–water partition coefficient (Wildman–Crippen LogP) is 8.23. The second-order valence-electron chi connectivity index (χ2n) is 16.0. The highest BCUT2D eigenvalue weighted by molar-refractivity contribution is 6.00. The minimum absolute atomic E-state index is 0.0175. The van der Waals surface area contributed by atoms with Gasteiger partial charge in [-0.3, -0.25) is 35.4 Å². The Morgan fingerprint density at radius 3 is 1.76 bits per heavy atom. The molecule has 3 aromatic carbocycles. The number of carbonyl (C=O) groups is 3. The number of nitrogens with zero attached hydrogens (tertiary/aromatic N) is 6. The van der Waals surface area contributed by atoms with Gasteiger partial charge in [0.25, 0.3) is 0 Å². The van der Waals surface area contributed by atoms with Crippen LogP contribution in [0.15, 0.2) is 140 Å². The zero-order valence-corrected chi connectivity index (χ0v) is 36.9. The molecule has 0 aliphatic carbocycles. The number of nitrogens with one attached hydrogen (secondary N) is 6. The van der Waals surface area contributed by atoms with Crippen LogP contribution in [0.1, 0.15) is 32.0 Å². The zero-order valence-electron chi connectivity index (χ0n) is 36.9. The average Bonchev–Trinajstić information content (AvgIpc) is 3.99. The van der Waals surface area contributed by atoms with Gasteiger partial charge in [0.05, 0.1) is 31.5 Å². The van der Waals surface area contributed by atoms with Crippen LogP contribution in [0.2, 0.25) is 0 Å². The zero-order chi connectivity index (χ0) is 46.1. The molecule has 18 heteroatoms. The lowest BCUT2D eigenvalue weighted by atomic mass is 9.92. The molecule has 340 valence electrons. The van der Waals surface area contributed by atoms with E-state index in [0.29, 0.717) is 59.0 Å². The molecular formula is C48H52N12O6. The largest absolute Gasteiger partial charge is 0.457 e. The lowest BCUT2D eigenvalue weighted by molar-refractivity contribution is -0.120. The van der Waals surface area contributed by atoms with Crippen LogP contribution >= 0.6 is 0 Å². The van der Waals surface area contributed by atoms with E-state index in [1.165, 1.54) is 0 Å². The van der Waals surface area contributed by atoms with Crippen molar-refractivity contribution in [3.63, 3.8) is 0 Å². The van der Waals surface area contributed by atoms with E-state index in [1.54, 1.807) is 115 Å². The van der Waals surface area contributed by atoms with Gasteiger partial charge in [-0.1, -0.05) is 32.9 Å². The summed E-state index contributed by atoms with van der Waals surface area (Å²) in [6.45, 7) is 10.9. The molecule has 6 N–H and O–H groups in total. The maximum atomic E-state index is 12.6. The number of rotatable bonds is 14. The standard InChI is InChI=1S/C29H31N7O4.C19H21N5O2/c37-28(31-15-16-35-17-19-39-20-18-35)21-22-1-5-24(6-2-22)36-27(11-14-32-36)34-29(38)33-23-3-7-25(8-4-23)40-26-9-12-30-13-10-26;1-19(2,3)16-12-17(24-23-16)22-18(25)21-13-4-6-14(7-5-13)26-15-8-10-20-11-9-15/h1-14H,15-21H2,(H,31,37)(H2,33,34,38);4-12H,1-3H3,(H3,21,22,23,24,25). The van der Waals surface area contributed by atoms with Crippen molar-refractivity contribution in [2.45, 2.75) is 32.6 Å². The second kappa shape index (κ2) is 22.5. The molecule has 8 rings (SSSR count). The number of hydrogen-bond acceptors (Lipinski definition) is 11. The lowest BCUT2D eigenvalue weighted by Crippen LogP contribution is -2.41. The van der Waals surface area contributed by atoms with Gasteiger partial charge in [0, 0.05) is 85.6 Å². The molecule has 0 bridgehead atoms. The van der Waals surface area contributed by atoms with Crippen molar-refractivity contribution in [2.75, 3.05) is 60.7 Å². The average molecular weight is 893 g/mol. The lowest BCUT2D eigenvalue weighted by Gasteiger charge is -2.26. The Morgan fingerprint density at radius 1 is 0.667 bits per heavy atom. The normalized spacial score (nSPS) is 12.5. The monoisotopic (exact) mass is 892 g/mol. The van der Waals surface area contributed by atoms with Gasteiger partial charge in [-0.2, -0.15) is 10.2 Å². The third-order valence-electron chi connectivity index (χ3n) is 9.91. The molecule has 5 amide bonds. The molecule has 1 saturated heterocycles. The van der Waals surface area contributed by atoms with Crippen LogP contribution < -0.4 is 36.1 Å². The summed E-state index contributed by atoms with van der Waals surface area (Å²) in [5.41, 5.74) is 3.80. The van der Waals surface area contributed by atoms with Gasteiger partial charge in [-0.25, -0.2) is 14.3 Å². The Bertz CT molecular complexity index is 2610. The number of aromatic nitrogens is 6. The highest BCUT2D eigenvalue weighted by atomic mass is 16.5. The molecular weight excluding hydrogens is 841 g/mol. The number of morpholine rings is 1. The Kier molecular flexibility index (Phi) is 15.7. The molecule has 66 heavy (non-hydrogen) atoms. The van der Waals surface area contributed by atoms with E-state index in [0.717, 1.165) is 49.8 Å². The Labute approximate surface area is 382 Å². The number of aromatic amines is 1. The number of amides is 5. The van der Waals surface area contributed by atoms with Crippen LogP contribution in [0.5, 0.6) is 23.0 Å². The SMILES string of the molecule is CC(C)(C)c1cc(NC(=O)Nc2ccc(Oc3ccncc3)cc2)n[nH]1.O=C(Cc1ccc(-n2nccc2NC(=O)Nc2ccc(Oc3ccncc3)cc2)cc1)NCCN1CCOCC1. The smallest absolute Gasteiger partial charge is 0.324 e.